The van der Waals surface area contributed by atoms with Crippen molar-refractivity contribution in [1.29, 1.82) is 0 Å². The first kappa shape index (κ1) is 22.3. The van der Waals surface area contributed by atoms with Crippen LogP contribution < -0.4 is 5.32 Å². The third-order valence-corrected chi connectivity index (χ3v) is 5.01. The van der Waals surface area contributed by atoms with E-state index >= 15 is 0 Å². The van der Waals surface area contributed by atoms with Crippen molar-refractivity contribution in [2.24, 2.45) is 0 Å². The molecule has 0 saturated carbocycles. The number of Topliss-reactive ketones (excluding diaryl/α,β-unsaturated/α-hetero) is 1. The number of esters is 1. The van der Waals surface area contributed by atoms with E-state index in [-0.39, 0.29) is 16.5 Å². The van der Waals surface area contributed by atoms with Crippen molar-refractivity contribution in [3.8, 4) is 0 Å². The molecule has 0 aliphatic rings. The van der Waals surface area contributed by atoms with Crippen LogP contribution in [0.2, 0.25) is 10.0 Å². The minimum Gasteiger partial charge on any atom is -0.456 e. The molecule has 2 aromatic carbocycles. The zero-order chi connectivity index (χ0) is 20.5. The van der Waals surface area contributed by atoms with Gasteiger partial charge in [0.2, 0.25) is 5.78 Å². The molecule has 148 valence electrons. The summed E-state index contributed by atoms with van der Waals surface area (Å²) >= 11 is 13.4. The van der Waals surface area contributed by atoms with Crippen LogP contribution in [-0.2, 0) is 9.53 Å². The number of rotatable bonds is 9. The van der Waals surface area contributed by atoms with Gasteiger partial charge in [-0.05, 0) is 48.8 Å². The second kappa shape index (κ2) is 11.1. The number of hydrogen-bond donors (Lipinski definition) is 1. The number of carbonyl (C=O) groups is 3. The summed E-state index contributed by atoms with van der Waals surface area (Å²) in [5, 5.41) is 3.26. The Morgan fingerprint density at radius 1 is 1.11 bits per heavy atom. The highest BCUT2D eigenvalue weighted by Crippen LogP contribution is 2.21. The molecule has 5 nitrogen and oxygen atoms in total. The summed E-state index contributed by atoms with van der Waals surface area (Å²) in [4.78, 5) is 37.0. The topological polar surface area (TPSA) is 72.5 Å². The molecule has 2 aromatic rings. The molecule has 0 saturated heterocycles. The Labute approximate surface area is 177 Å². The van der Waals surface area contributed by atoms with Crippen LogP contribution in [0.25, 0.3) is 0 Å². The Hall–Kier alpha value is -2.02. The molecule has 0 bridgehead atoms. The van der Waals surface area contributed by atoms with Crippen molar-refractivity contribution in [3.63, 3.8) is 0 Å². The largest absolute Gasteiger partial charge is 0.456 e. The molecule has 8 heteroatoms. The van der Waals surface area contributed by atoms with Gasteiger partial charge in [-0.3, -0.25) is 9.59 Å². The van der Waals surface area contributed by atoms with Crippen LogP contribution in [0, 0.1) is 0 Å². The lowest BCUT2D eigenvalue weighted by atomic mass is 10.1. The molecule has 0 fully saturated rings. The molecule has 0 spiro atoms. The Kier molecular flexibility index (Phi) is 8.83. The molecular formula is C20H19Cl2NO4S. The number of carbonyl (C=O) groups excluding carboxylic acids is 3. The number of ketones is 1. The first-order valence-electron chi connectivity index (χ1n) is 8.42. The standard InChI is InChI=1S/C20H19Cl2NO4S/c1-28-10-9-17(23-19(25)13-5-3-2-4-6-13)20(26)27-12-18(24)15-8-7-14(21)11-16(15)22/h2-8,11,17H,9-10,12H2,1H3,(H,23,25). The van der Waals surface area contributed by atoms with Crippen LogP contribution in [-0.4, -0.2) is 42.3 Å². The summed E-state index contributed by atoms with van der Waals surface area (Å²) in [6.07, 6.45) is 2.28. The van der Waals surface area contributed by atoms with Crippen LogP contribution in [0.1, 0.15) is 27.1 Å². The van der Waals surface area contributed by atoms with E-state index in [1.54, 1.807) is 30.3 Å². The maximum Gasteiger partial charge on any atom is 0.329 e. The van der Waals surface area contributed by atoms with E-state index in [4.69, 9.17) is 27.9 Å². The molecule has 28 heavy (non-hydrogen) atoms. The Morgan fingerprint density at radius 3 is 2.46 bits per heavy atom. The van der Waals surface area contributed by atoms with E-state index in [1.165, 1.54) is 30.0 Å². The summed E-state index contributed by atoms with van der Waals surface area (Å²) < 4.78 is 5.14. The maximum atomic E-state index is 12.4. The van der Waals surface area contributed by atoms with Gasteiger partial charge in [-0.15, -0.1) is 0 Å². The fourth-order valence-corrected chi connectivity index (χ4v) is 3.33. The Morgan fingerprint density at radius 2 is 1.82 bits per heavy atom. The molecule has 1 unspecified atom stereocenters. The molecule has 2 rings (SSSR count). The minimum atomic E-state index is -0.853. The van der Waals surface area contributed by atoms with Crippen LogP contribution >= 0.6 is 35.0 Å². The predicted octanol–water partition coefficient (Wildman–Crippen LogP) is 4.27. The number of ether oxygens (including phenoxy) is 1. The third kappa shape index (κ3) is 6.55. The van der Waals surface area contributed by atoms with E-state index < -0.39 is 24.4 Å². The highest BCUT2D eigenvalue weighted by Gasteiger charge is 2.24. The minimum absolute atomic E-state index is 0.185. The smallest absolute Gasteiger partial charge is 0.329 e. The first-order valence-corrected chi connectivity index (χ1v) is 10.6. The molecule has 1 amide bonds. The van der Waals surface area contributed by atoms with Gasteiger partial charge in [0.1, 0.15) is 6.04 Å². The van der Waals surface area contributed by atoms with Crippen molar-refractivity contribution >= 4 is 52.6 Å². The SMILES string of the molecule is CSCCC(NC(=O)c1ccccc1)C(=O)OCC(=O)c1ccc(Cl)cc1Cl. The number of benzene rings is 2. The van der Waals surface area contributed by atoms with Gasteiger partial charge in [-0.1, -0.05) is 41.4 Å². The van der Waals surface area contributed by atoms with E-state index in [1.807, 2.05) is 6.26 Å². The summed E-state index contributed by atoms with van der Waals surface area (Å²) in [5.41, 5.74) is 0.654. The molecule has 0 aliphatic heterocycles. The molecule has 1 atom stereocenters. The van der Waals surface area contributed by atoms with E-state index in [2.05, 4.69) is 5.32 Å². The fourth-order valence-electron chi connectivity index (χ4n) is 2.35. The molecule has 0 heterocycles. The van der Waals surface area contributed by atoms with Gasteiger partial charge in [-0.2, -0.15) is 11.8 Å². The highest BCUT2D eigenvalue weighted by molar-refractivity contribution is 7.98. The number of thioether (sulfide) groups is 1. The number of nitrogens with one attached hydrogen (secondary N) is 1. The molecule has 1 N–H and O–H groups in total. The maximum absolute atomic E-state index is 12.4. The lowest BCUT2D eigenvalue weighted by Crippen LogP contribution is -2.42. The lowest BCUT2D eigenvalue weighted by Gasteiger charge is -2.17. The zero-order valence-corrected chi connectivity index (χ0v) is 17.4. The number of hydrogen-bond acceptors (Lipinski definition) is 5. The molecule has 0 radical (unpaired) electrons. The zero-order valence-electron chi connectivity index (χ0n) is 15.1. The van der Waals surface area contributed by atoms with Crippen molar-refractivity contribution < 1.29 is 19.1 Å². The van der Waals surface area contributed by atoms with Gasteiger partial charge < -0.3 is 10.1 Å². The quantitative estimate of drug-likeness (QED) is 0.466. The van der Waals surface area contributed by atoms with Crippen molar-refractivity contribution in [2.45, 2.75) is 12.5 Å². The average Bonchev–Trinajstić information content (AvgIpc) is 2.69. The third-order valence-electron chi connectivity index (χ3n) is 3.81. The van der Waals surface area contributed by atoms with E-state index in [9.17, 15) is 14.4 Å². The molecular weight excluding hydrogens is 421 g/mol. The summed E-state index contributed by atoms with van der Waals surface area (Å²) in [6.45, 7) is -0.475. The summed E-state index contributed by atoms with van der Waals surface area (Å²) in [6, 6.07) is 12.2. The lowest BCUT2D eigenvalue weighted by molar-refractivity contribution is -0.144. The highest BCUT2D eigenvalue weighted by atomic mass is 35.5. The number of amides is 1. The monoisotopic (exact) mass is 439 g/mol. The summed E-state index contributed by atoms with van der Waals surface area (Å²) in [5.74, 6) is -0.855. The molecule has 0 aliphatic carbocycles. The van der Waals surface area contributed by atoms with Crippen molar-refractivity contribution in [2.75, 3.05) is 18.6 Å². The van der Waals surface area contributed by atoms with Gasteiger partial charge in [0.05, 0.1) is 5.02 Å². The summed E-state index contributed by atoms with van der Waals surface area (Å²) in [7, 11) is 0. The fraction of sp³-hybridized carbons (Fsp3) is 0.250. The van der Waals surface area contributed by atoms with Gasteiger partial charge in [0.15, 0.2) is 6.61 Å². The number of halogens is 2. The van der Waals surface area contributed by atoms with Gasteiger partial charge >= 0.3 is 5.97 Å². The van der Waals surface area contributed by atoms with Gasteiger partial charge in [-0.25, -0.2) is 4.79 Å². The predicted molar refractivity (Wildman–Crippen MR) is 112 cm³/mol. The molecule has 0 aromatic heterocycles. The Bertz CT molecular complexity index is 845. The first-order chi connectivity index (χ1) is 13.4. The van der Waals surface area contributed by atoms with Gasteiger partial charge in [0, 0.05) is 16.1 Å². The van der Waals surface area contributed by atoms with E-state index in [0.717, 1.165) is 0 Å². The van der Waals surface area contributed by atoms with Crippen molar-refractivity contribution in [1.82, 2.24) is 5.32 Å². The van der Waals surface area contributed by atoms with Crippen LogP contribution in [0.3, 0.4) is 0 Å². The van der Waals surface area contributed by atoms with Crippen LogP contribution in [0.5, 0.6) is 0 Å². The average molecular weight is 440 g/mol. The van der Waals surface area contributed by atoms with Crippen LogP contribution in [0.4, 0.5) is 0 Å². The van der Waals surface area contributed by atoms with Crippen molar-refractivity contribution in [3.05, 3.63) is 69.7 Å². The van der Waals surface area contributed by atoms with Gasteiger partial charge in [0.25, 0.3) is 5.91 Å². The van der Waals surface area contributed by atoms with Crippen LogP contribution in [0.15, 0.2) is 48.5 Å². The Balaban J connectivity index is 2.00. The van der Waals surface area contributed by atoms with E-state index in [0.29, 0.717) is 22.8 Å². The second-order valence-electron chi connectivity index (χ2n) is 5.83. The normalized spacial score (nSPS) is 11.5. The second-order valence-corrected chi connectivity index (χ2v) is 7.66.